The molecule has 1 aromatic heterocycles. The lowest BCUT2D eigenvalue weighted by Crippen LogP contribution is -2.50. The van der Waals surface area contributed by atoms with Crippen molar-refractivity contribution in [3.05, 3.63) is 40.6 Å². The molecular formula is C15H18BrN5O2. The van der Waals surface area contributed by atoms with E-state index in [0.717, 1.165) is 29.1 Å². The molecule has 1 aliphatic heterocycles. The first-order valence-electron chi connectivity index (χ1n) is 7.38. The zero-order valence-corrected chi connectivity index (χ0v) is 14.3. The molecule has 1 aromatic carbocycles. The number of hydrogen-bond acceptors (Lipinski definition) is 5. The van der Waals surface area contributed by atoms with Gasteiger partial charge in [0.15, 0.2) is 0 Å². The Labute approximate surface area is 142 Å². The summed E-state index contributed by atoms with van der Waals surface area (Å²) in [6.45, 7) is 2.76. The predicted molar refractivity (Wildman–Crippen MR) is 89.3 cm³/mol. The molecule has 1 N–H and O–H groups in total. The van der Waals surface area contributed by atoms with E-state index in [0.29, 0.717) is 13.1 Å². The molecular weight excluding hydrogens is 362 g/mol. The van der Waals surface area contributed by atoms with Gasteiger partial charge in [-0.3, -0.25) is 9.69 Å². The second-order valence-electron chi connectivity index (χ2n) is 5.53. The van der Waals surface area contributed by atoms with Gasteiger partial charge in [-0.2, -0.15) is 0 Å². The first kappa shape index (κ1) is 15.9. The number of benzene rings is 1. The molecule has 1 atom stereocenters. The first-order chi connectivity index (χ1) is 11.1. The van der Waals surface area contributed by atoms with E-state index in [9.17, 15) is 9.90 Å². The monoisotopic (exact) mass is 379 g/mol. The van der Waals surface area contributed by atoms with E-state index in [4.69, 9.17) is 0 Å². The fraction of sp³-hybridized carbons (Fsp3) is 0.400. The van der Waals surface area contributed by atoms with Gasteiger partial charge in [0.25, 0.3) is 0 Å². The van der Waals surface area contributed by atoms with Crippen molar-refractivity contribution < 1.29 is 9.90 Å². The number of aromatic nitrogens is 3. The Hall–Kier alpha value is -1.93. The number of rotatable bonds is 4. The Kier molecular flexibility index (Phi) is 4.63. The normalized spacial score (nSPS) is 17.2. The second-order valence-corrected chi connectivity index (χ2v) is 6.38. The third-order valence-corrected chi connectivity index (χ3v) is 4.81. The number of piperazine rings is 1. The summed E-state index contributed by atoms with van der Waals surface area (Å²) in [5.74, 6) is -0.0126. The largest absolute Gasteiger partial charge is 0.480 e. The summed E-state index contributed by atoms with van der Waals surface area (Å²) in [5, 5.41) is 17.7. The van der Waals surface area contributed by atoms with Crippen LogP contribution in [-0.2, 0) is 11.8 Å². The summed E-state index contributed by atoms with van der Waals surface area (Å²) in [7, 11) is 1.91. The van der Waals surface area contributed by atoms with Crippen molar-refractivity contribution in [2.45, 2.75) is 6.04 Å². The Morgan fingerprint density at radius 1 is 1.26 bits per heavy atom. The van der Waals surface area contributed by atoms with Gasteiger partial charge in [0.05, 0.1) is 0 Å². The zero-order chi connectivity index (χ0) is 16.4. The maximum absolute atomic E-state index is 11.8. The lowest BCUT2D eigenvalue weighted by molar-refractivity contribution is -0.143. The van der Waals surface area contributed by atoms with Crippen LogP contribution in [0.5, 0.6) is 0 Å². The summed E-state index contributed by atoms with van der Waals surface area (Å²) in [4.78, 5) is 15.9. The van der Waals surface area contributed by atoms with Crippen LogP contribution >= 0.6 is 15.9 Å². The van der Waals surface area contributed by atoms with Crippen LogP contribution in [0.4, 0.5) is 5.95 Å². The maximum atomic E-state index is 11.8. The molecule has 1 saturated heterocycles. The molecule has 0 spiro atoms. The van der Waals surface area contributed by atoms with Crippen molar-refractivity contribution in [1.29, 1.82) is 0 Å². The minimum atomic E-state index is -0.830. The number of nitrogens with zero attached hydrogens (tertiary/aromatic N) is 5. The maximum Gasteiger partial charge on any atom is 0.325 e. The average Bonchev–Trinajstić information content (AvgIpc) is 2.96. The van der Waals surface area contributed by atoms with Gasteiger partial charge in [-0.1, -0.05) is 34.1 Å². The van der Waals surface area contributed by atoms with E-state index in [1.807, 2.05) is 40.8 Å². The molecule has 122 valence electrons. The number of anilines is 1. The van der Waals surface area contributed by atoms with Crippen molar-refractivity contribution in [1.82, 2.24) is 19.7 Å². The van der Waals surface area contributed by atoms with Gasteiger partial charge in [0.2, 0.25) is 5.95 Å². The summed E-state index contributed by atoms with van der Waals surface area (Å²) in [5.41, 5.74) is 0.784. The van der Waals surface area contributed by atoms with Crippen molar-refractivity contribution in [3.63, 3.8) is 0 Å². The average molecular weight is 380 g/mol. The number of carbonyl (C=O) groups is 1. The standard InChI is InChI=1S/C15H18BrN5O2/c1-19-10-17-18-15(19)21-8-6-20(7-9-21)13(14(22)23)11-4-2-3-5-12(11)16/h2-5,10,13H,6-9H2,1H3,(H,22,23). The number of carboxylic acid groups (broad SMARTS) is 1. The molecule has 1 unspecified atom stereocenters. The van der Waals surface area contributed by atoms with E-state index >= 15 is 0 Å². The van der Waals surface area contributed by atoms with Crippen LogP contribution in [-0.4, -0.2) is 56.9 Å². The van der Waals surface area contributed by atoms with Crippen LogP contribution in [0, 0.1) is 0 Å². The zero-order valence-electron chi connectivity index (χ0n) is 12.8. The summed E-state index contributed by atoms with van der Waals surface area (Å²) < 4.78 is 2.70. The third kappa shape index (κ3) is 3.23. The number of aliphatic carboxylic acids is 1. The number of carboxylic acids is 1. The quantitative estimate of drug-likeness (QED) is 0.867. The lowest BCUT2D eigenvalue weighted by Gasteiger charge is -2.38. The van der Waals surface area contributed by atoms with E-state index in [1.165, 1.54) is 0 Å². The van der Waals surface area contributed by atoms with Crippen molar-refractivity contribution >= 4 is 27.8 Å². The molecule has 1 aliphatic rings. The SMILES string of the molecule is Cn1cnnc1N1CCN(C(C(=O)O)c2ccccc2Br)CC1. The van der Waals surface area contributed by atoms with Crippen LogP contribution in [0.3, 0.4) is 0 Å². The highest BCUT2D eigenvalue weighted by Gasteiger charge is 2.32. The number of halogens is 1. The fourth-order valence-corrected chi connectivity index (χ4v) is 3.43. The minimum Gasteiger partial charge on any atom is -0.480 e. The van der Waals surface area contributed by atoms with Gasteiger partial charge < -0.3 is 14.6 Å². The van der Waals surface area contributed by atoms with Crippen molar-refractivity contribution in [2.75, 3.05) is 31.1 Å². The number of aryl methyl sites for hydroxylation is 1. The van der Waals surface area contributed by atoms with E-state index in [-0.39, 0.29) is 0 Å². The Morgan fingerprint density at radius 3 is 2.52 bits per heavy atom. The summed E-state index contributed by atoms with van der Waals surface area (Å²) in [6, 6.07) is 6.84. The molecule has 8 heteroatoms. The Morgan fingerprint density at radius 2 is 1.96 bits per heavy atom. The van der Waals surface area contributed by atoms with Crippen molar-refractivity contribution in [2.24, 2.45) is 7.05 Å². The second kappa shape index (κ2) is 6.67. The topological polar surface area (TPSA) is 74.5 Å². The van der Waals surface area contributed by atoms with Crippen LogP contribution < -0.4 is 4.90 Å². The Bertz CT molecular complexity index is 697. The fourth-order valence-electron chi connectivity index (χ4n) is 2.93. The highest BCUT2D eigenvalue weighted by atomic mass is 79.9. The van der Waals surface area contributed by atoms with Crippen LogP contribution in [0.25, 0.3) is 0 Å². The van der Waals surface area contributed by atoms with Crippen LogP contribution in [0.2, 0.25) is 0 Å². The van der Waals surface area contributed by atoms with Crippen molar-refractivity contribution in [3.8, 4) is 0 Å². The molecule has 0 radical (unpaired) electrons. The minimum absolute atomic E-state index is 0.646. The summed E-state index contributed by atoms with van der Waals surface area (Å²) in [6.07, 6.45) is 1.67. The molecule has 0 amide bonds. The molecule has 0 saturated carbocycles. The molecule has 2 aromatic rings. The molecule has 0 aliphatic carbocycles. The van der Waals surface area contributed by atoms with Crippen LogP contribution in [0.15, 0.2) is 35.1 Å². The molecule has 3 rings (SSSR count). The van der Waals surface area contributed by atoms with Gasteiger partial charge in [0, 0.05) is 37.7 Å². The smallest absolute Gasteiger partial charge is 0.325 e. The van der Waals surface area contributed by atoms with Gasteiger partial charge in [-0.05, 0) is 11.6 Å². The lowest BCUT2D eigenvalue weighted by atomic mass is 10.0. The molecule has 0 bridgehead atoms. The van der Waals surface area contributed by atoms with Gasteiger partial charge in [-0.15, -0.1) is 10.2 Å². The van der Waals surface area contributed by atoms with Gasteiger partial charge in [-0.25, -0.2) is 0 Å². The van der Waals surface area contributed by atoms with E-state index < -0.39 is 12.0 Å². The van der Waals surface area contributed by atoms with Gasteiger partial charge in [0.1, 0.15) is 12.4 Å². The van der Waals surface area contributed by atoms with E-state index in [1.54, 1.807) is 6.33 Å². The first-order valence-corrected chi connectivity index (χ1v) is 8.17. The molecule has 1 fully saturated rings. The highest BCUT2D eigenvalue weighted by Crippen LogP contribution is 2.29. The Balaban J connectivity index is 1.76. The molecule has 2 heterocycles. The van der Waals surface area contributed by atoms with Gasteiger partial charge >= 0.3 is 5.97 Å². The van der Waals surface area contributed by atoms with Crippen LogP contribution in [0.1, 0.15) is 11.6 Å². The third-order valence-electron chi connectivity index (χ3n) is 4.08. The summed E-state index contributed by atoms with van der Waals surface area (Å²) >= 11 is 3.46. The highest BCUT2D eigenvalue weighted by molar-refractivity contribution is 9.10. The molecule has 23 heavy (non-hydrogen) atoms. The molecule has 7 nitrogen and oxygen atoms in total. The van der Waals surface area contributed by atoms with E-state index in [2.05, 4.69) is 31.0 Å². The number of hydrogen-bond donors (Lipinski definition) is 1. The predicted octanol–water partition coefficient (Wildman–Crippen LogP) is 1.53.